The number of nitrogens with two attached hydrogens (primary N) is 1. The van der Waals surface area contributed by atoms with Crippen molar-refractivity contribution in [3.8, 4) is 0 Å². The molecule has 1 aromatic rings. The fourth-order valence-electron chi connectivity index (χ4n) is 1.86. The zero-order chi connectivity index (χ0) is 14.3. The van der Waals surface area contributed by atoms with Gasteiger partial charge in [0.25, 0.3) is 0 Å². The molecule has 1 saturated heterocycles. The second-order valence-electron chi connectivity index (χ2n) is 4.40. The Morgan fingerprint density at radius 2 is 1.95 bits per heavy atom. The van der Waals surface area contributed by atoms with E-state index in [0.717, 1.165) is 6.42 Å². The number of aromatic amines is 1. The molecule has 2 heterocycles. The van der Waals surface area contributed by atoms with Gasteiger partial charge in [-0.2, -0.15) is 26.9 Å². The summed E-state index contributed by atoms with van der Waals surface area (Å²) < 4.78 is 62.5. The van der Waals surface area contributed by atoms with Crippen molar-refractivity contribution in [3.05, 3.63) is 5.82 Å². The highest BCUT2D eigenvalue weighted by molar-refractivity contribution is 5.30. The average Bonchev–Trinajstić information content (AvgIpc) is 2.77. The summed E-state index contributed by atoms with van der Waals surface area (Å²) in [7, 11) is 0. The predicted molar refractivity (Wildman–Crippen MR) is 55.8 cm³/mol. The third kappa shape index (κ3) is 2.62. The van der Waals surface area contributed by atoms with Crippen molar-refractivity contribution < 1.29 is 22.0 Å². The highest BCUT2D eigenvalue weighted by Gasteiger charge is 2.61. The van der Waals surface area contributed by atoms with E-state index in [1.54, 1.807) is 5.10 Å². The number of halogens is 5. The van der Waals surface area contributed by atoms with E-state index in [1.165, 1.54) is 4.90 Å². The highest BCUT2D eigenvalue weighted by atomic mass is 19.4. The number of hydrogen-bond acceptors (Lipinski definition) is 4. The number of hydrogen-bond donors (Lipinski definition) is 2. The lowest BCUT2D eigenvalue weighted by Gasteiger charge is -2.29. The standard InChI is InChI=1S/C9H12F5N5/c10-8(11,9(12,13)14)6-16-7(18-17-6)19-3-1-2-5(15)4-19/h5H,1-4,15H2,(H,16,17,18). The van der Waals surface area contributed by atoms with Gasteiger partial charge in [-0.3, -0.25) is 5.10 Å². The van der Waals surface area contributed by atoms with Gasteiger partial charge in [0.2, 0.25) is 11.8 Å². The second-order valence-corrected chi connectivity index (χ2v) is 4.40. The summed E-state index contributed by atoms with van der Waals surface area (Å²) in [4.78, 5) is 4.73. The van der Waals surface area contributed by atoms with E-state index in [-0.39, 0.29) is 12.0 Å². The first-order valence-electron chi connectivity index (χ1n) is 5.60. The number of H-pyrrole nitrogens is 1. The molecule has 0 bridgehead atoms. The molecule has 0 saturated carbocycles. The summed E-state index contributed by atoms with van der Waals surface area (Å²) in [5.41, 5.74) is 5.69. The van der Waals surface area contributed by atoms with Crippen molar-refractivity contribution in [1.29, 1.82) is 0 Å². The molecule has 1 atom stereocenters. The van der Waals surface area contributed by atoms with Gasteiger partial charge in [-0.05, 0) is 12.8 Å². The zero-order valence-electron chi connectivity index (χ0n) is 9.71. The van der Waals surface area contributed by atoms with Crippen LogP contribution in [0, 0.1) is 0 Å². The Morgan fingerprint density at radius 1 is 1.26 bits per heavy atom. The Morgan fingerprint density at radius 3 is 2.53 bits per heavy atom. The van der Waals surface area contributed by atoms with E-state index in [2.05, 4.69) is 10.1 Å². The van der Waals surface area contributed by atoms with E-state index in [0.29, 0.717) is 19.5 Å². The molecule has 1 aliphatic heterocycles. The van der Waals surface area contributed by atoms with Gasteiger partial charge >= 0.3 is 12.1 Å². The van der Waals surface area contributed by atoms with E-state index < -0.39 is 17.9 Å². The number of aromatic nitrogens is 3. The molecule has 0 amide bonds. The van der Waals surface area contributed by atoms with Gasteiger partial charge in [0.1, 0.15) is 0 Å². The fraction of sp³-hybridized carbons (Fsp3) is 0.778. The van der Waals surface area contributed by atoms with Crippen LogP contribution in [0.3, 0.4) is 0 Å². The number of alkyl halides is 5. The van der Waals surface area contributed by atoms with Crippen molar-refractivity contribution in [2.24, 2.45) is 5.73 Å². The van der Waals surface area contributed by atoms with Crippen molar-refractivity contribution in [1.82, 2.24) is 15.2 Å². The molecule has 1 fully saturated rings. The molecule has 19 heavy (non-hydrogen) atoms. The largest absolute Gasteiger partial charge is 0.461 e. The summed E-state index contributed by atoms with van der Waals surface area (Å²) in [6.07, 6.45) is -4.23. The van der Waals surface area contributed by atoms with Crippen LogP contribution < -0.4 is 10.6 Å². The minimum Gasteiger partial charge on any atom is -0.338 e. The Balaban J connectivity index is 2.19. The Kier molecular flexibility index (Phi) is 3.37. The van der Waals surface area contributed by atoms with Crippen molar-refractivity contribution in [3.63, 3.8) is 0 Å². The zero-order valence-corrected chi connectivity index (χ0v) is 9.71. The summed E-state index contributed by atoms with van der Waals surface area (Å²) in [6.45, 7) is 0.803. The molecule has 0 radical (unpaired) electrons. The van der Waals surface area contributed by atoms with E-state index in [4.69, 9.17) is 5.73 Å². The number of nitrogens with zero attached hydrogens (tertiary/aromatic N) is 3. The number of piperidine rings is 1. The van der Waals surface area contributed by atoms with Crippen LogP contribution >= 0.6 is 0 Å². The second kappa shape index (κ2) is 4.58. The lowest BCUT2D eigenvalue weighted by Crippen LogP contribution is -2.43. The number of anilines is 1. The van der Waals surface area contributed by atoms with Gasteiger partial charge in [-0.1, -0.05) is 0 Å². The molecule has 1 aromatic heterocycles. The Bertz CT molecular complexity index is 442. The van der Waals surface area contributed by atoms with Crippen molar-refractivity contribution in [2.45, 2.75) is 31.0 Å². The molecule has 1 aliphatic rings. The van der Waals surface area contributed by atoms with Crippen LogP contribution in [0.2, 0.25) is 0 Å². The molecular formula is C9H12F5N5. The minimum atomic E-state index is -5.71. The predicted octanol–water partition coefficient (Wildman–Crippen LogP) is 1.39. The normalized spacial score (nSPS) is 21.8. The summed E-state index contributed by atoms with van der Waals surface area (Å²) in [5.74, 6) is -6.74. The van der Waals surface area contributed by atoms with Crippen LogP contribution in [0.4, 0.5) is 27.9 Å². The fourth-order valence-corrected chi connectivity index (χ4v) is 1.86. The maximum absolute atomic E-state index is 13.0. The van der Waals surface area contributed by atoms with E-state index in [9.17, 15) is 22.0 Å². The quantitative estimate of drug-likeness (QED) is 0.805. The molecule has 1 unspecified atom stereocenters. The van der Waals surface area contributed by atoms with Crippen LogP contribution in [-0.4, -0.2) is 40.5 Å². The SMILES string of the molecule is NC1CCCN(c2n[nH]c(C(F)(F)C(F)(F)F)n2)C1. The first kappa shape index (κ1) is 14.0. The maximum Gasteiger partial charge on any atom is 0.461 e. The molecule has 3 N–H and O–H groups in total. The molecule has 0 aromatic carbocycles. The van der Waals surface area contributed by atoms with Crippen LogP contribution in [0.15, 0.2) is 0 Å². The molecule has 108 valence electrons. The van der Waals surface area contributed by atoms with Gasteiger partial charge < -0.3 is 10.6 Å². The topological polar surface area (TPSA) is 70.8 Å². The third-order valence-electron chi connectivity index (χ3n) is 2.87. The summed E-state index contributed by atoms with van der Waals surface area (Å²) in [5, 5.41) is 5.06. The van der Waals surface area contributed by atoms with Gasteiger partial charge in [0.05, 0.1) is 0 Å². The van der Waals surface area contributed by atoms with Gasteiger partial charge in [-0.15, -0.1) is 5.10 Å². The first-order chi connectivity index (χ1) is 8.72. The first-order valence-corrected chi connectivity index (χ1v) is 5.60. The van der Waals surface area contributed by atoms with Crippen molar-refractivity contribution in [2.75, 3.05) is 18.0 Å². The maximum atomic E-state index is 13.0. The average molecular weight is 285 g/mol. The van der Waals surface area contributed by atoms with Gasteiger partial charge in [-0.25, -0.2) is 0 Å². The highest BCUT2D eigenvalue weighted by Crippen LogP contribution is 2.42. The monoisotopic (exact) mass is 285 g/mol. The Hall–Kier alpha value is -1.45. The van der Waals surface area contributed by atoms with Crippen LogP contribution in [0.5, 0.6) is 0 Å². The van der Waals surface area contributed by atoms with Gasteiger partial charge in [0.15, 0.2) is 0 Å². The third-order valence-corrected chi connectivity index (χ3v) is 2.87. The lowest BCUT2D eigenvalue weighted by atomic mass is 10.1. The summed E-state index contributed by atoms with van der Waals surface area (Å²) in [6, 6.07) is -0.168. The number of nitrogens with one attached hydrogen (secondary N) is 1. The molecule has 0 aliphatic carbocycles. The molecule has 10 heteroatoms. The molecule has 0 spiro atoms. The van der Waals surface area contributed by atoms with E-state index in [1.807, 2.05) is 0 Å². The number of rotatable bonds is 2. The lowest BCUT2D eigenvalue weighted by molar-refractivity contribution is -0.292. The molecular weight excluding hydrogens is 273 g/mol. The molecule has 5 nitrogen and oxygen atoms in total. The van der Waals surface area contributed by atoms with Crippen LogP contribution in [-0.2, 0) is 5.92 Å². The minimum absolute atomic E-state index is 0.168. The van der Waals surface area contributed by atoms with E-state index >= 15 is 0 Å². The van der Waals surface area contributed by atoms with Crippen LogP contribution in [0.25, 0.3) is 0 Å². The van der Waals surface area contributed by atoms with Gasteiger partial charge in [0, 0.05) is 19.1 Å². The smallest absolute Gasteiger partial charge is 0.338 e. The molecule has 2 rings (SSSR count). The van der Waals surface area contributed by atoms with Crippen molar-refractivity contribution >= 4 is 5.95 Å². The van der Waals surface area contributed by atoms with Crippen LogP contribution in [0.1, 0.15) is 18.7 Å². The summed E-state index contributed by atoms with van der Waals surface area (Å²) >= 11 is 0. The Labute approximate surface area is 105 Å².